The lowest BCUT2D eigenvalue weighted by atomic mass is 10.1. The fraction of sp³-hybridized carbons (Fsp3) is 0.455. The van der Waals surface area contributed by atoms with Crippen LogP contribution in [0.1, 0.15) is 18.1 Å². The van der Waals surface area contributed by atoms with E-state index in [9.17, 15) is 5.11 Å². The molecular formula is C11H17NO. The maximum absolute atomic E-state index is 9.30. The van der Waals surface area contributed by atoms with Crippen LogP contribution in [-0.4, -0.2) is 23.6 Å². The summed E-state index contributed by atoms with van der Waals surface area (Å²) >= 11 is 0. The highest BCUT2D eigenvalue weighted by atomic mass is 16.3. The van der Waals surface area contributed by atoms with E-state index in [1.807, 2.05) is 12.1 Å². The van der Waals surface area contributed by atoms with Gasteiger partial charge in [-0.25, -0.2) is 0 Å². The summed E-state index contributed by atoms with van der Waals surface area (Å²) in [6, 6.07) is 5.51. The van der Waals surface area contributed by atoms with Crippen LogP contribution in [0.25, 0.3) is 0 Å². The smallest absolute Gasteiger partial charge is 0.115 e. The monoisotopic (exact) mass is 179 g/mol. The van der Waals surface area contributed by atoms with Crippen molar-refractivity contribution in [1.82, 2.24) is 4.90 Å². The number of benzene rings is 1. The molecule has 1 rings (SSSR count). The fourth-order valence-corrected chi connectivity index (χ4v) is 1.23. The van der Waals surface area contributed by atoms with Gasteiger partial charge in [0, 0.05) is 6.54 Å². The van der Waals surface area contributed by atoms with Gasteiger partial charge in [0.25, 0.3) is 0 Å². The van der Waals surface area contributed by atoms with E-state index in [0.717, 1.165) is 13.1 Å². The van der Waals surface area contributed by atoms with Crippen LogP contribution < -0.4 is 0 Å². The molecule has 0 bridgehead atoms. The minimum atomic E-state index is 0.352. The number of rotatable bonds is 3. The van der Waals surface area contributed by atoms with Gasteiger partial charge >= 0.3 is 0 Å². The van der Waals surface area contributed by atoms with E-state index in [2.05, 4.69) is 25.8 Å². The van der Waals surface area contributed by atoms with E-state index in [4.69, 9.17) is 0 Å². The first-order valence-electron chi connectivity index (χ1n) is 4.60. The summed E-state index contributed by atoms with van der Waals surface area (Å²) in [6.07, 6.45) is 0. The van der Waals surface area contributed by atoms with Gasteiger partial charge in [-0.15, -0.1) is 0 Å². The van der Waals surface area contributed by atoms with Gasteiger partial charge in [0.2, 0.25) is 0 Å². The van der Waals surface area contributed by atoms with Crippen molar-refractivity contribution < 1.29 is 5.11 Å². The Morgan fingerprint density at radius 2 is 2.08 bits per heavy atom. The molecule has 1 aromatic rings. The first kappa shape index (κ1) is 10.1. The summed E-state index contributed by atoms with van der Waals surface area (Å²) in [5.74, 6) is 0.352. The molecule has 0 aliphatic carbocycles. The topological polar surface area (TPSA) is 23.5 Å². The third-order valence-corrected chi connectivity index (χ3v) is 2.31. The lowest BCUT2D eigenvalue weighted by Gasteiger charge is -2.15. The Labute approximate surface area is 79.8 Å². The molecule has 2 nitrogen and oxygen atoms in total. The molecular weight excluding hydrogens is 162 g/mol. The number of aryl methyl sites for hydroxylation is 1. The minimum absolute atomic E-state index is 0.352. The first-order chi connectivity index (χ1) is 6.13. The van der Waals surface area contributed by atoms with Crippen LogP contribution in [0.15, 0.2) is 18.2 Å². The molecule has 0 heterocycles. The van der Waals surface area contributed by atoms with Crippen molar-refractivity contribution in [1.29, 1.82) is 0 Å². The zero-order valence-electron chi connectivity index (χ0n) is 8.54. The molecule has 13 heavy (non-hydrogen) atoms. The Bertz CT molecular complexity index is 283. The molecule has 0 atom stereocenters. The van der Waals surface area contributed by atoms with Crippen molar-refractivity contribution in [2.45, 2.75) is 20.4 Å². The second-order valence-electron chi connectivity index (χ2n) is 3.44. The number of hydrogen-bond acceptors (Lipinski definition) is 2. The number of phenols is 1. The Morgan fingerprint density at radius 3 is 2.69 bits per heavy atom. The average molecular weight is 179 g/mol. The summed E-state index contributed by atoms with van der Waals surface area (Å²) < 4.78 is 0. The molecule has 72 valence electrons. The molecule has 0 unspecified atom stereocenters. The highest BCUT2D eigenvalue weighted by Crippen LogP contribution is 2.16. The van der Waals surface area contributed by atoms with E-state index < -0.39 is 0 Å². The molecule has 0 aromatic heterocycles. The second-order valence-corrected chi connectivity index (χ2v) is 3.44. The SMILES string of the molecule is CCN(C)Cc1cc(O)ccc1C. The van der Waals surface area contributed by atoms with E-state index in [1.165, 1.54) is 11.1 Å². The average Bonchev–Trinajstić information content (AvgIpc) is 2.11. The highest BCUT2D eigenvalue weighted by Gasteiger charge is 2.02. The Kier molecular flexibility index (Phi) is 3.32. The van der Waals surface area contributed by atoms with Crippen molar-refractivity contribution in [2.75, 3.05) is 13.6 Å². The minimum Gasteiger partial charge on any atom is -0.508 e. The number of hydrogen-bond donors (Lipinski definition) is 1. The van der Waals surface area contributed by atoms with E-state index in [0.29, 0.717) is 5.75 Å². The number of aromatic hydroxyl groups is 1. The van der Waals surface area contributed by atoms with E-state index >= 15 is 0 Å². The van der Waals surface area contributed by atoms with E-state index in [1.54, 1.807) is 6.07 Å². The predicted octanol–water partition coefficient (Wildman–Crippen LogP) is 2.15. The van der Waals surface area contributed by atoms with Gasteiger partial charge < -0.3 is 10.0 Å². The van der Waals surface area contributed by atoms with Crippen molar-refractivity contribution in [3.05, 3.63) is 29.3 Å². The van der Waals surface area contributed by atoms with Crippen LogP contribution in [-0.2, 0) is 6.54 Å². The zero-order chi connectivity index (χ0) is 9.84. The number of nitrogens with zero attached hydrogens (tertiary/aromatic N) is 1. The zero-order valence-corrected chi connectivity index (χ0v) is 8.54. The largest absolute Gasteiger partial charge is 0.508 e. The van der Waals surface area contributed by atoms with Crippen LogP contribution in [0.3, 0.4) is 0 Å². The molecule has 0 aliphatic heterocycles. The van der Waals surface area contributed by atoms with Crippen molar-refractivity contribution in [3.63, 3.8) is 0 Å². The lowest BCUT2D eigenvalue weighted by molar-refractivity contribution is 0.344. The van der Waals surface area contributed by atoms with Gasteiger partial charge in [-0.1, -0.05) is 13.0 Å². The number of phenolic OH excluding ortho intramolecular Hbond substituents is 1. The van der Waals surface area contributed by atoms with Crippen molar-refractivity contribution in [3.8, 4) is 5.75 Å². The summed E-state index contributed by atoms with van der Waals surface area (Å²) in [5, 5.41) is 9.30. The highest BCUT2D eigenvalue weighted by molar-refractivity contribution is 5.33. The molecule has 1 N–H and O–H groups in total. The molecule has 2 heteroatoms. The summed E-state index contributed by atoms with van der Waals surface area (Å²) in [7, 11) is 2.07. The molecule has 0 aliphatic rings. The predicted molar refractivity (Wildman–Crippen MR) is 54.9 cm³/mol. The third-order valence-electron chi connectivity index (χ3n) is 2.31. The van der Waals surface area contributed by atoms with Crippen LogP contribution in [0.5, 0.6) is 5.75 Å². The Hall–Kier alpha value is -1.02. The molecule has 0 spiro atoms. The maximum Gasteiger partial charge on any atom is 0.115 e. The first-order valence-corrected chi connectivity index (χ1v) is 4.60. The van der Waals surface area contributed by atoms with Crippen LogP contribution in [0.4, 0.5) is 0 Å². The van der Waals surface area contributed by atoms with Gasteiger partial charge in [-0.05, 0) is 43.8 Å². The fourth-order valence-electron chi connectivity index (χ4n) is 1.23. The summed E-state index contributed by atoms with van der Waals surface area (Å²) in [6.45, 7) is 6.11. The van der Waals surface area contributed by atoms with Crippen LogP contribution in [0.2, 0.25) is 0 Å². The van der Waals surface area contributed by atoms with Crippen molar-refractivity contribution >= 4 is 0 Å². The van der Waals surface area contributed by atoms with Crippen LogP contribution >= 0.6 is 0 Å². The lowest BCUT2D eigenvalue weighted by Crippen LogP contribution is -2.17. The molecule has 1 aromatic carbocycles. The van der Waals surface area contributed by atoms with Gasteiger partial charge in [0.05, 0.1) is 0 Å². The quantitative estimate of drug-likeness (QED) is 0.768. The molecule has 0 amide bonds. The molecule has 0 fully saturated rings. The maximum atomic E-state index is 9.30. The van der Waals surface area contributed by atoms with Gasteiger partial charge in [0.1, 0.15) is 5.75 Å². The standard InChI is InChI=1S/C11H17NO/c1-4-12(3)8-10-7-11(13)6-5-9(10)2/h5-7,13H,4,8H2,1-3H3. The Balaban J connectivity index is 2.81. The molecule has 0 saturated heterocycles. The van der Waals surface area contributed by atoms with Crippen molar-refractivity contribution in [2.24, 2.45) is 0 Å². The summed E-state index contributed by atoms with van der Waals surface area (Å²) in [5.41, 5.74) is 2.43. The molecule has 0 radical (unpaired) electrons. The Morgan fingerprint density at radius 1 is 1.38 bits per heavy atom. The third kappa shape index (κ3) is 2.74. The summed E-state index contributed by atoms with van der Waals surface area (Å²) in [4.78, 5) is 2.21. The van der Waals surface area contributed by atoms with Crippen LogP contribution in [0, 0.1) is 6.92 Å². The van der Waals surface area contributed by atoms with E-state index in [-0.39, 0.29) is 0 Å². The van der Waals surface area contributed by atoms with Gasteiger partial charge in [-0.3, -0.25) is 0 Å². The normalized spacial score (nSPS) is 10.8. The second kappa shape index (κ2) is 4.28. The molecule has 0 saturated carbocycles. The van der Waals surface area contributed by atoms with Gasteiger partial charge in [-0.2, -0.15) is 0 Å². The van der Waals surface area contributed by atoms with Gasteiger partial charge in [0.15, 0.2) is 0 Å².